The van der Waals surface area contributed by atoms with E-state index in [9.17, 15) is 8.60 Å². The highest BCUT2D eigenvalue weighted by atomic mass is 32.2. The van der Waals surface area contributed by atoms with Gasteiger partial charge < -0.3 is 10.1 Å². The first kappa shape index (κ1) is 18.7. The molecular weight excluding hydrogens is 369 g/mol. The van der Waals surface area contributed by atoms with E-state index in [2.05, 4.69) is 20.3 Å². The first-order chi connectivity index (χ1) is 12.8. The molecule has 0 saturated heterocycles. The summed E-state index contributed by atoms with van der Waals surface area (Å²) < 4.78 is 37.9. The highest BCUT2D eigenvalue weighted by molar-refractivity contribution is 7.90. The van der Waals surface area contributed by atoms with E-state index >= 15 is 0 Å². The van der Waals surface area contributed by atoms with Crippen LogP contribution in [0.1, 0.15) is 5.56 Å². The Morgan fingerprint density at radius 3 is 2.67 bits per heavy atom. The summed E-state index contributed by atoms with van der Waals surface area (Å²) in [5, 5.41) is 3.06. The summed E-state index contributed by atoms with van der Waals surface area (Å²) >= 11 is 0. The lowest BCUT2D eigenvalue weighted by Gasteiger charge is -2.10. The van der Waals surface area contributed by atoms with Gasteiger partial charge in [0, 0.05) is 39.9 Å². The zero-order chi connectivity index (χ0) is 19.4. The lowest BCUT2D eigenvalue weighted by atomic mass is 10.1. The molecule has 9 heteroatoms. The largest absolute Gasteiger partial charge is 0.496 e. The molecule has 27 heavy (non-hydrogen) atoms. The molecule has 1 aromatic carbocycles. The van der Waals surface area contributed by atoms with E-state index in [0.717, 1.165) is 5.56 Å². The first-order valence-corrected chi connectivity index (χ1v) is 10.1. The number of rotatable bonds is 6. The molecule has 140 valence electrons. The Morgan fingerprint density at radius 1 is 1.15 bits per heavy atom. The van der Waals surface area contributed by atoms with Crippen LogP contribution < -0.4 is 10.1 Å². The second-order valence-corrected chi connectivity index (χ2v) is 8.26. The highest BCUT2D eigenvalue weighted by Crippen LogP contribution is 2.30. The lowest BCUT2D eigenvalue weighted by Crippen LogP contribution is -2.02. The molecule has 2 aromatic heterocycles. The number of nitrogens with zero attached hydrogens (tertiary/aromatic N) is 3. The van der Waals surface area contributed by atoms with Gasteiger partial charge in [-0.25, -0.2) is 23.6 Å². The molecule has 0 spiro atoms. The molecule has 7 nitrogen and oxygen atoms in total. The van der Waals surface area contributed by atoms with Gasteiger partial charge in [-0.15, -0.1) is 0 Å². The SMILES string of the molecule is COc1cc(F)ccc1-c1cc(Nc2cc(CS(C)(=N)=O)ccn2)ncn1. The van der Waals surface area contributed by atoms with Crippen molar-refractivity contribution < 1.29 is 13.3 Å². The van der Waals surface area contributed by atoms with Gasteiger partial charge in [0.05, 0.1) is 18.6 Å². The van der Waals surface area contributed by atoms with E-state index in [1.165, 1.54) is 31.8 Å². The minimum atomic E-state index is -2.65. The zero-order valence-corrected chi connectivity index (χ0v) is 15.6. The number of pyridine rings is 1. The van der Waals surface area contributed by atoms with Gasteiger partial charge in [-0.05, 0) is 29.8 Å². The fourth-order valence-electron chi connectivity index (χ4n) is 2.53. The molecular formula is C18H18FN5O2S. The third kappa shape index (κ3) is 4.98. The number of benzene rings is 1. The van der Waals surface area contributed by atoms with Crippen molar-refractivity contribution in [3.63, 3.8) is 0 Å². The smallest absolute Gasteiger partial charge is 0.135 e. The van der Waals surface area contributed by atoms with Crippen LogP contribution in [0, 0.1) is 10.6 Å². The zero-order valence-electron chi connectivity index (χ0n) is 14.8. The van der Waals surface area contributed by atoms with E-state index in [1.54, 1.807) is 30.5 Å². The van der Waals surface area contributed by atoms with Crippen LogP contribution in [0.15, 0.2) is 48.9 Å². The highest BCUT2D eigenvalue weighted by Gasteiger charge is 2.10. The summed E-state index contributed by atoms with van der Waals surface area (Å²) in [5.41, 5.74) is 1.93. The van der Waals surface area contributed by atoms with Gasteiger partial charge in [0.1, 0.15) is 29.5 Å². The average Bonchev–Trinajstić information content (AvgIpc) is 2.60. The van der Waals surface area contributed by atoms with Gasteiger partial charge in [-0.3, -0.25) is 4.78 Å². The molecule has 0 fully saturated rings. The number of hydrogen-bond donors (Lipinski definition) is 2. The van der Waals surface area contributed by atoms with Crippen LogP contribution in [0.5, 0.6) is 5.75 Å². The molecule has 0 radical (unpaired) electrons. The molecule has 0 aliphatic carbocycles. The van der Waals surface area contributed by atoms with E-state index in [4.69, 9.17) is 9.52 Å². The lowest BCUT2D eigenvalue weighted by molar-refractivity contribution is 0.413. The van der Waals surface area contributed by atoms with Crippen LogP contribution in [-0.2, 0) is 15.5 Å². The number of nitrogens with one attached hydrogen (secondary N) is 2. The third-order valence-electron chi connectivity index (χ3n) is 3.63. The van der Waals surface area contributed by atoms with Gasteiger partial charge in [0.25, 0.3) is 0 Å². The fraction of sp³-hybridized carbons (Fsp3) is 0.167. The Kier molecular flexibility index (Phi) is 5.31. The molecule has 1 unspecified atom stereocenters. The molecule has 0 saturated carbocycles. The second-order valence-electron chi connectivity index (χ2n) is 5.96. The topological polar surface area (TPSA) is 101 Å². The molecule has 0 bridgehead atoms. The van der Waals surface area contributed by atoms with Crippen molar-refractivity contribution in [2.24, 2.45) is 0 Å². The molecule has 3 aromatic rings. The van der Waals surface area contributed by atoms with Crippen LogP contribution in [0.3, 0.4) is 0 Å². The Morgan fingerprint density at radius 2 is 1.93 bits per heavy atom. The fourth-order valence-corrected chi connectivity index (χ4v) is 3.35. The summed E-state index contributed by atoms with van der Waals surface area (Å²) in [4.78, 5) is 12.6. The predicted molar refractivity (Wildman–Crippen MR) is 102 cm³/mol. The van der Waals surface area contributed by atoms with Gasteiger partial charge in [-0.2, -0.15) is 0 Å². The minimum absolute atomic E-state index is 0.145. The molecule has 2 N–H and O–H groups in total. The first-order valence-electron chi connectivity index (χ1n) is 7.93. The number of anilines is 2. The van der Waals surface area contributed by atoms with Crippen LogP contribution in [0.4, 0.5) is 16.0 Å². The van der Waals surface area contributed by atoms with Crippen molar-refractivity contribution >= 4 is 21.4 Å². The Balaban J connectivity index is 1.88. The minimum Gasteiger partial charge on any atom is -0.496 e. The maximum Gasteiger partial charge on any atom is 0.135 e. The third-order valence-corrected chi connectivity index (χ3v) is 4.51. The Labute approximate surface area is 156 Å². The monoisotopic (exact) mass is 387 g/mol. The summed E-state index contributed by atoms with van der Waals surface area (Å²) in [6, 6.07) is 9.35. The summed E-state index contributed by atoms with van der Waals surface area (Å²) in [6.07, 6.45) is 4.36. The van der Waals surface area contributed by atoms with Gasteiger partial charge in [0.15, 0.2) is 0 Å². The van der Waals surface area contributed by atoms with Gasteiger partial charge in [0.2, 0.25) is 0 Å². The van der Waals surface area contributed by atoms with Crippen molar-refractivity contribution in [1.29, 1.82) is 4.78 Å². The number of methoxy groups -OCH3 is 1. The maximum atomic E-state index is 13.4. The van der Waals surface area contributed by atoms with Crippen LogP contribution in [0.2, 0.25) is 0 Å². The van der Waals surface area contributed by atoms with Crippen molar-refractivity contribution in [2.45, 2.75) is 5.75 Å². The van der Waals surface area contributed by atoms with E-state index in [0.29, 0.717) is 28.6 Å². The number of aromatic nitrogens is 3. The Hall–Kier alpha value is -3.07. The van der Waals surface area contributed by atoms with Crippen molar-refractivity contribution in [3.05, 3.63) is 60.3 Å². The van der Waals surface area contributed by atoms with E-state index in [1.807, 2.05) is 0 Å². The van der Waals surface area contributed by atoms with Crippen molar-refractivity contribution in [2.75, 3.05) is 18.7 Å². The number of hydrogen-bond acceptors (Lipinski definition) is 7. The summed E-state index contributed by atoms with van der Waals surface area (Å²) in [5.74, 6) is 1.11. The standard InChI is InChI=1S/C18H18FN5O2S/c1-26-16-8-13(19)3-4-14(16)15-9-18(23-11-22-15)24-17-7-12(5-6-21-17)10-27(2,20)25/h3-9,11,20H,10H2,1-2H3,(H,21,22,23,24). The maximum absolute atomic E-state index is 13.4. The predicted octanol–water partition coefficient (Wildman–Crippen LogP) is 3.61. The van der Waals surface area contributed by atoms with Gasteiger partial charge in [-0.1, -0.05) is 0 Å². The summed E-state index contributed by atoms with van der Waals surface area (Å²) in [7, 11) is -1.18. The molecule has 0 aliphatic heterocycles. The number of ether oxygens (including phenoxy) is 1. The number of halogens is 1. The van der Waals surface area contributed by atoms with Crippen LogP contribution in [0.25, 0.3) is 11.3 Å². The van der Waals surface area contributed by atoms with E-state index in [-0.39, 0.29) is 5.75 Å². The average molecular weight is 387 g/mol. The molecule has 3 rings (SSSR count). The molecule has 1 atom stereocenters. The molecule has 2 heterocycles. The van der Waals surface area contributed by atoms with Gasteiger partial charge >= 0.3 is 0 Å². The normalized spacial score (nSPS) is 13.0. The van der Waals surface area contributed by atoms with Crippen molar-refractivity contribution in [3.8, 4) is 17.0 Å². The van der Waals surface area contributed by atoms with Crippen molar-refractivity contribution in [1.82, 2.24) is 15.0 Å². The molecule has 0 amide bonds. The molecule has 0 aliphatic rings. The van der Waals surface area contributed by atoms with Crippen LogP contribution in [-0.4, -0.2) is 32.5 Å². The van der Waals surface area contributed by atoms with Crippen LogP contribution >= 0.6 is 0 Å². The quantitative estimate of drug-likeness (QED) is 0.670. The second kappa shape index (κ2) is 7.67. The Bertz CT molecular complexity index is 1070. The summed E-state index contributed by atoms with van der Waals surface area (Å²) in [6.45, 7) is 0. The van der Waals surface area contributed by atoms with E-state index < -0.39 is 15.5 Å².